The van der Waals surface area contributed by atoms with E-state index in [4.69, 9.17) is 20.4 Å². The molecule has 1 heterocycles. The fraction of sp³-hybridized carbons (Fsp3) is 1.00. The van der Waals surface area contributed by atoms with Gasteiger partial charge in [-0.15, -0.1) is 5.48 Å². The van der Waals surface area contributed by atoms with E-state index in [1.54, 1.807) is 0 Å². The summed E-state index contributed by atoms with van der Waals surface area (Å²) in [6.07, 6.45) is -7.08. The van der Waals surface area contributed by atoms with E-state index in [1.807, 2.05) is 5.48 Å². The van der Waals surface area contributed by atoms with Gasteiger partial charge in [0.15, 0.2) is 6.10 Å². The second-order valence-electron chi connectivity index (χ2n) is 3.08. The number of aliphatic hydroxyl groups is 6. The number of nitrogens with one attached hydrogen (secondary N) is 1. The Hall–Kier alpha value is -0.320. The van der Waals surface area contributed by atoms with Crippen molar-refractivity contribution in [2.75, 3.05) is 6.61 Å². The second kappa shape index (κ2) is 4.04. The van der Waals surface area contributed by atoms with Gasteiger partial charge in [-0.1, -0.05) is 0 Å². The van der Waals surface area contributed by atoms with E-state index < -0.39 is 36.9 Å². The van der Waals surface area contributed by atoms with Gasteiger partial charge >= 0.3 is 0 Å². The number of rotatable bonds is 5. The molecule has 0 radical (unpaired) electrons. The van der Waals surface area contributed by atoms with Gasteiger partial charge in [0.05, 0.1) is 6.61 Å². The predicted octanol–water partition coefficient (Wildman–Crippen LogP) is -4.40. The second-order valence-corrected chi connectivity index (χ2v) is 3.08. The summed E-state index contributed by atoms with van der Waals surface area (Å²) in [5, 5.41) is 54.0. The summed E-state index contributed by atoms with van der Waals surface area (Å²) in [4.78, 5) is 4.18. The largest absolute Gasteiger partial charge is 0.394 e. The highest BCUT2D eigenvalue weighted by molar-refractivity contribution is 4.90. The quantitative estimate of drug-likeness (QED) is 0.225. The monoisotopic (exact) mass is 211 g/mol. The van der Waals surface area contributed by atoms with E-state index in [-0.39, 0.29) is 0 Å². The van der Waals surface area contributed by atoms with Crippen LogP contribution in [0, 0.1) is 0 Å². The lowest BCUT2D eigenvalue weighted by molar-refractivity contribution is -0.169. The lowest BCUT2D eigenvalue weighted by Gasteiger charge is -2.25. The molecule has 5 atom stereocenters. The summed E-state index contributed by atoms with van der Waals surface area (Å²) < 4.78 is 0. The summed E-state index contributed by atoms with van der Waals surface area (Å²) in [7, 11) is 0. The van der Waals surface area contributed by atoms with Crippen LogP contribution >= 0.6 is 0 Å². The van der Waals surface area contributed by atoms with Crippen molar-refractivity contribution in [1.29, 1.82) is 0 Å². The Kier molecular flexibility index (Phi) is 3.40. The summed E-state index contributed by atoms with van der Waals surface area (Å²) in [5.74, 6) is -2.10. The lowest BCUT2D eigenvalue weighted by Crippen LogP contribution is -2.52. The van der Waals surface area contributed by atoms with Gasteiger partial charge in [-0.25, -0.2) is 4.84 Å². The first-order valence-electron chi connectivity index (χ1n) is 3.93. The highest BCUT2D eigenvalue weighted by Gasteiger charge is 2.55. The van der Waals surface area contributed by atoms with Crippen molar-refractivity contribution in [2.24, 2.45) is 0 Å². The van der Waals surface area contributed by atoms with E-state index in [0.29, 0.717) is 0 Å². The van der Waals surface area contributed by atoms with Crippen LogP contribution in [-0.4, -0.2) is 67.6 Å². The fourth-order valence-electron chi connectivity index (χ4n) is 0.927. The zero-order valence-corrected chi connectivity index (χ0v) is 7.11. The van der Waals surface area contributed by atoms with Gasteiger partial charge in [-0.2, -0.15) is 0 Å². The van der Waals surface area contributed by atoms with E-state index in [1.165, 1.54) is 0 Å². The first-order valence-corrected chi connectivity index (χ1v) is 3.93. The van der Waals surface area contributed by atoms with Crippen LogP contribution in [0.15, 0.2) is 0 Å². The third-order valence-electron chi connectivity index (χ3n) is 1.97. The van der Waals surface area contributed by atoms with E-state index in [2.05, 4.69) is 4.84 Å². The van der Waals surface area contributed by atoms with Crippen molar-refractivity contribution in [1.82, 2.24) is 5.48 Å². The summed E-state index contributed by atoms with van der Waals surface area (Å²) in [5.41, 5.74) is 1.89. The maximum Gasteiger partial charge on any atom is 0.293 e. The van der Waals surface area contributed by atoms with E-state index in [0.717, 1.165) is 0 Å². The molecule has 84 valence electrons. The van der Waals surface area contributed by atoms with Crippen LogP contribution in [0.1, 0.15) is 0 Å². The molecule has 1 fully saturated rings. The van der Waals surface area contributed by atoms with E-state index >= 15 is 0 Å². The molecular formula is C6H13NO7. The normalized spacial score (nSPS) is 34.7. The van der Waals surface area contributed by atoms with Gasteiger partial charge in [0.2, 0.25) is 0 Å². The minimum absolute atomic E-state index is 0.780. The van der Waals surface area contributed by atoms with Crippen molar-refractivity contribution < 1.29 is 35.5 Å². The van der Waals surface area contributed by atoms with Crippen LogP contribution in [0.3, 0.4) is 0 Å². The summed E-state index contributed by atoms with van der Waals surface area (Å²) in [6.45, 7) is -0.780. The molecule has 0 spiro atoms. The van der Waals surface area contributed by atoms with Crippen molar-refractivity contribution >= 4 is 0 Å². The van der Waals surface area contributed by atoms with Crippen LogP contribution in [0.4, 0.5) is 0 Å². The van der Waals surface area contributed by atoms with Crippen LogP contribution in [-0.2, 0) is 4.84 Å². The van der Waals surface area contributed by atoms with Gasteiger partial charge in [0, 0.05) is 0 Å². The Morgan fingerprint density at radius 2 is 1.64 bits per heavy atom. The molecule has 0 aromatic heterocycles. The summed E-state index contributed by atoms with van der Waals surface area (Å²) in [6, 6.07) is 0. The molecule has 1 saturated heterocycles. The van der Waals surface area contributed by atoms with Crippen molar-refractivity contribution in [3.8, 4) is 0 Å². The number of hydrogen-bond donors (Lipinski definition) is 7. The zero-order valence-electron chi connectivity index (χ0n) is 7.11. The molecule has 14 heavy (non-hydrogen) atoms. The minimum Gasteiger partial charge on any atom is -0.394 e. The smallest absolute Gasteiger partial charge is 0.293 e. The van der Waals surface area contributed by atoms with Crippen LogP contribution in [0.25, 0.3) is 0 Å². The van der Waals surface area contributed by atoms with Gasteiger partial charge in [0.1, 0.15) is 18.3 Å². The van der Waals surface area contributed by atoms with E-state index in [9.17, 15) is 10.2 Å². The van der Waals surface area contributed by atoms with Crippen LogP contribution in [0.2, 0.25) is 0 Å². The molecule has 0 aromatic rings. The summed E-state index contributed by atoms with van der Waals surface area (Å²) >= 11 is 0. The molecule has 0 bridgehead atoms. The molecule has 8 nitrogen and oxygen atoms in total. The molecular weight excluding hydrogens is 198 g/mol. The third kappa shape index (κ3) is 2.19. The van der Waals surface area contributed by atoms with Crippen LogP contribution in [0.5, 0.6) is 0 Å². The zero-order chi connectivity index (χ0) is 10.9. The molecule has 0 aliphatic carbocycles. The Labute approximate surface area is 78.9 Å². The standard InChI is InChI=1S/C6H13NO7/c8-1-2(9)3(10)4(11)5(12)6(13)7-14-6/h2-5,7-13H,1H2/t2-,3-,4+,5-,6?/m1/s1. The maximum atomic E-state index is 9.21. The minimum atomic E-state index is -2.10. The average molecular weight is 211 g/mol. The molecule has 1 unspecified atom stereocenters. The fourth-order valence-corrected chi connectivity index (χ4v) is 0.927. The Morgan fingerprint density at radius 1 is 1.14 bits per heavy atom. The maximum absolute atomic E-state index is 9.21. The average Bonchev–Trinajstić information content (AvgIpc) is 2.93. The van der Waals surface area contributed by atoms with Crippen molar-refractivity contribution in [3.63, 3.8) is 0 Å². The number of aliphatic hydroxyl groups excluding tert-OH is 5. The highest BCUT2D eigenvalue weighted by atomic mass is 16.9. The van der Waals surface area contributed by atoms with Crippen LogP contribution < -0.4 is 5.48 Å². The van der Waals surface area contributed by atoms with Gasteiger partial charge < -0.3 is 30.6 Å². The lowest BCUT2D eigenvalue weighted by atomic mass is 10.0. The third-order valence-corrected chi connectivity index (χ3v) is 1.97. The molecule has 1 aliphatic heterocycles. The van der Waals surface area contributed by atoms with Crippen molar-refractivity contribution in [2.45, 2.75) is 30.3 Å². The Balaban J connectivity index is 2.51. The molecule has 1 rings (SSSR count). The molecule has 0 aromatic carbocycles. The first-order chi connectivity index (χ1) is 6.42. The topological polar surface area (TPSA) is 156 Å². The molecule has 0 saturated carbocycles. The number of hydrogen-bond acceptors (Lipinski definition) is 8. The molecule has 7 N–H and O–H groups in total. The Bertz CT molecular complexity index is 197. The molecule has 0 amide bonds. The predicted molar refractivity (Wildman–Crippen MR) is 40.3 cm³/mol. The van der Waals surface area contributed by atoms with Crippen molar-refractivity contribution in [3.05, 3.63) is 0 Å². The van der Waals surface area contributed by atoms with Gasteiger partial charge in [-0.05, 0) is 0 Å². The van der Waals surface area contributed by atoms with Gasteiger partial charge in [-0.3, -0.25) is 0 Å². The highest BCUT2D eigenvalue weighted by Crippen LogP contribution is 2.24. The Morgan fingerprint density at radius 3 is 2.00 bits per heavy atom. The SMILES string of the molecule is OC[C@@H](O)[C@@H](O)[C@H](O)[C@@H](O)C1(O)NO1. The first kappa shape index (κ1) is 11.8. The molecule has 1 aliphatic rings. The molecule has 8 heteroatoms. The van der Waals surface area contributed by atoms with Gasteiger partial charge in [0.25, 0.3) is 5.91 Å². The number of hydroxylamine groups is 1.